The van der Waals surface area contributed by atoms with E-state index in [0.717, 1.165) is 16.8 Å². The molecule has 2 aliphatic rings. The molecular weight excluding hydrogens is 565 g/mol. The van der Waals surface area contributed by atoms with E-state index in [1.165, 1.54) is 0 Å². The van der Waals surface area contributed by atoms with Crippen molar-refractivity contribution in [3.63, 3.8) is 0 Å². The molecule has 11 atom stereocenters. The molecule has 9 N–H and O–H groups in total. The first-order valence-corrected chi connectivity index (χ1v) is 13.0. The molecule has 3 rings (SSSR count). The summed E-state index contributed by atoms with van der Waals surface area (Å²) in [5, 5.41) is 58.6. The van der Waals surface area contributed by atoms with E-state index in [4.69, 9.17) is 14.6 Å². The van der Waals surface area contributed by atoms with Crippen LogP contribution in [0, 0.1) is 0 Å². The molecule has 22 heteroatoms. The second-order valence-electron chi connectivity index (χ2n) is 7.68. The fourth-order valence-corrected chi connectivity index (χ4v) is 5.51. The number of nitrogens with one attached hydrogen (secondary N) is 1. The Morgan fingerprint density at radius 3 is 2.14 bits per heavy atom. The van der Waals surface area contributed by atoms with Crippen molar-refractivity contribution in [3.05, 3.63) is 33.1 Å². The Morgan fingerprint density at radius 2 is 1.54 bits per heavy atom. The molecule has 19 nitrogen and oxygen atoms in total. The van der Waals surface area contributed by atoms with Crippen molar-refractivity contribution >= 4 is 45.2 Å². The maximum Gasteiger partial charge on any atom is 0.483 e. The van der Waals surface area contributed by atoms with Gasteiger partial charge in [-0.2, -0.15) is 4.31 Å². The van der Waals surface area contributed by atoms with Gasteiger partial charge >= 0.3 is 21.3 Å². The number of phosphoric ester groups is 2. The zero-order valence-corrected chi connectivity index (χ0v) is 22.6. The number of rotatable bonds is 9. The van der Waals surface area contributed by atoms with Crippen LogP contribution in [0.2, 0.25) is 0 Å². The van der Waals surface area contributed by atoms with Crippen LogP contribution in [0.5, 0.6) is 0 Å². The maximum atomic E-state index is 12.2. The number of aliphatic hydroxyl groups excluding tert-OH is 6. The Labute approximate surface area is 228 Å². The largest absolute Gasteiger partial charge is 0.483 e. The number of aromatic amines is 1. The molecule has 0 saturated carbocycles. The Kier molecular flexibility index (Phi) is 11.4. The number of aromatic nitrogens is 2. The molecule has 3 heterocycles. The second kappa shape index (κ2) is 12.9. The number of ether oxygens (including phenoxy) is 2. The van der Waals surface area contributed by atoms with Gasteiger partial charge in [0.15, 0.2) is 12.5 Å². The summed E-state index contributed by atoms with van der Waals surface area (Å²) in [6.07, 6.45) is -15.4. The molecule has 2 saturated heterocycles. The van der Waals surface area contributed by atoms with Crippen molar-refractivity contribution in [3.8, 4) is 0 Å². The van der Waals surface area contributed by atoms with Crippen molar-refractivity contribution in [1.82, 2.24) is 9.55 Å². The molecule has 2 unspecified atom stereocenters. The predicted octanol–water partition coefficient (Wildman–Crippen LogP) is -5.17. The van der Waals surface area contributed by atoms with Gasteiger partial charge in [0.2, 0.25) is 0 Å². The van der Waals surface area contributed by atoms with Crippen LogP contribution >= 0.6 is 15.6 Å². The summed E-state index contributed by atoms with van der Waals surface area (Å²) in [5.41, 5.74) is -1.75. The summed E-state index contributed by atoms with van der Waals surface area (Å²) in [6, 6.07) is 0.928. The molecule has 0 bridgehead atoms. The molecule has 2 fully saturated rings. The van der Waals surface area contributed by atoms with Crippen LogP contribution < -0.4 is 11.2 Å². The Morgan fingerprint density at radius 1 is 0.919 bits per heavy atom. The summed E-state index contributed by atoms with van der Waals surface area (Å²) < 4.78 is 48.1. The average molecular weight is 589 g/mol. The fourth-order valence-electron chi connectivity index (χ4n) is 3.35. The Hall–Kier alpha value is -0.380. The van der Waals surface area contributed by atoms with Crippen molar-refractivity contribution in [1.29, 1.82) is 0 Å². The van der Waals surface area contributed by atoms with E-state index in [1.54, 1.807) is 0 Å². The van der Waals surface area contributed by atoms with E-state index in [2.05, 4.69) is 13.4 Å². The van der Waals surface area contributed by atoms with Crippen LogP contribution in [0.4, 0.5) is 0 Å². The number of hydrogen-bond acceptors (Lipinski definition) is 15. The summed E-state index contributed by atoms with van der Waals surface area (Å²) in [7, 11) is -11.1. The first kappa shape index (κ1) is 32.8. The van der Waals surface area contributed by atoms with Crippen LogP contribution in [-0.2, 0) is 32.0 Å². The molecule has 0 spiro atoms. The molecule has 0 aliphatic carbocycles. The molecule has 0 aromatic carbocycles. The molecule has 1 radical (unpaired) electrons. The van der Waals surface area contributed by atoms with Crippen molar-refractivity contribution in [2.75, 3.05) is 13.2 Å². The van der Waals surface area contributed by atoms with E-state index in [0.29, 0.717) is 0 Å². The molecular formula is C15H24N2NaO17P2. The summed E-state index contributed by atoms with van der Waals surface area (Å²) in [5.74, 6) is 0. The van der Waals surface area contributed by atoms with Crippen LogP contribution in [0.25, 0.3) is 0 Å². The maximum absolute atomic E-state index is 12.2. The number of phosphoric acid groups is 2. The van der Waals surface area contributed by atoms with Crippen LogP contribution in [0.1, 0.15) is 6.23 Å². The summed E-state index contributed by atoms with van der Waals surface area (Å²) >= 11 is 0. The monoisotopic (exact) mass is 589 g/mol. The number of hydrogen-bond donors (Lipinski definition) is 9. The van der Waals surface area contributed by atoms with Crippen LogP contribution in [0.3, 0.4) is 0 Å². The van der Waals surface area contributed by atoms with Gasteiger partial charge in [0, 0.05) is 41.8 Å². The summed E-state index contributed by atoms with van der Waals surface area (Å²) in [4.78, 5) is 44.5. The minimum atomic E-state index is -5.59. The SMILES string of the molecule is O=c1ccn([C@@H]2O[C@H](COP(=O)(O)OP(=O)(O)O[C@@H]3O[C@H](CO)[C@@H](O)[C@H](O)[C@H]3O)[C@@H](O)[C@H]2O)c(=O)[nH]1.[Na]. The predicted molar refractivity (Wildman–Crippen MR) is 115 cm³/mol. The smallest absolute Gasteiger partial charge is 0.394 e. The van der Waals surface area contributed by atoms with Gasteiger partial charge in [0.1, 0.15) is 42.7 Å². The molecule has 207 valence electrons. The second-order valence-corrected chi connectivity index (χ2v) is 10.7. The minimum absolute atomic E-state index is 0. The third-order valence-corrected chi connectivity index (χ3v) is 7.76. The topological polar surface area (TPSA) is 297 Å². The van der Waals surface area contributed by atoms with Gasteiger partial charge in [0.25, 0.3) is 5.56 Å². The minimum Gasteiger partial charge on any atom is -0.394 e. The molecule has 37 heavy (non-hydrogen) atoms. The first-order chi connectivity index (χ1) is 16.7. The van der Waals surface area contributed by atoms with E-state index in [1.807, 2.05) is 4.98 Å². The molecule has 2 aliphatic heterocycles. The number of aliphatic hydroxyl groups is 6. The van der Waals surface area contributed by atoms with Crippen LogP contribution in [0.15, 0.2) is 21.9 Å². The van der Waals surface area contributed by atoms with Gasteiger partial charge in [-0.15, -0.1) is 0 Å². The zero-order chi connectivity index (χ0) is 27.0. The third-order valence-electron chi connectivity index (χ3n) is 5.16. The van der Waals surface area contributed by atoms with Gasteiger partial charge < -0.3 is 49.9 Å². The number of nitrogens with zero attached hydrogens (tertiary/aromatic N) is 1. The quantitative estimate of drug-likeness (QED) is 0.0960. The molecule has 1 aromatic rings. The molecule has 1 aromatic heterocycles. The average Bonchev–Trinajstić information content (AvgIpc) is 3.06. The van der Waals surface area contributed by atoms with E-state index in [9.17, 15) is 54.0 Å². The van der Waals surface area contributed by atoms with Gasteiger partial charge in [-0.05, 0) is 0 Å². The zero-order valence-electron chi connectivity index (χ0n) is 18.9. The van der Waals surface area contributed by atoms with Crippen molar-refractivity contribution in [2.24, 2.45) is 0 Å². The first-order valence-electron chi connectivity index (χ1n) is 9.99. The van der Waals surface area contributed by atoms with Gasteiger partial charge in [-0.3, -0.25) is 23.4 Å². The molecule has 0 amide bonds. The van der Waals surface area contributed by atoms with Crippen LogP contribution in [-0.4, -0.2) is 142 Å². The normalized spacial score (nSPS) is 37.4. The van der Waals surface area contributed by atoms with Crippen molar-refractivity contribution in [2.45, 2.75) is 55.2 Å². The Bertz CT molecular complexity index is 1130. The Balaban J connectivity index is 0.00000481. The third kappa shape index (κ3) is 7.85. The standard InChI is InChI=1S/C15H24N2O17P2.Na/c18-3-5-8(20)10(22)12(24)14(32-5)33-36(28,29)34-35(26,27)30-4-6-9(21)11(23)13(31-6)17-2-1-7(19)16-15(17)25;/h1-2,5-6,8-14,18,20-24H,3-4H2,(H,26,27)(H,28,29)(H,16,19,25);/t5-,6-,8-,9-,10+,11-,12-,13-,14+;/m1./s1. The van der Waals surface area contributed by atoms with E-state index in [-0.39, 0.29) is 29.6 Å². The number of H-pyrrole nitrogens is 1. The van der Waals surface area contributed by atoms with E-state index >= 15 is 0 Å². The van der Waals surface area contributed by atoms with Gasteiger partial charge in [-0.25, -0.2) is 13.9 Å². The van der Waals surface area contributed by atoms with Gasteiger partial charge in [0.05, 0.1) is 13.2 Å². The van der Waals surface area contributed by atoms with Crippen molar-refractivity contribution < 1.29 is 72.4 Å². The summed E-state index contributed by atoms with van der Waals surface area (Å²) in [6.45, 7) is -1.93. The fraction of sp³-hybridized carbons (Fsp3) is 0.733. The van der Waals surface area contributed by atoms with E-state index < -0.39 is 95.4 Å². The van der Waals surface area contributed by atoms with Gasteiger partial charge in [-0.1, -0.05) is 0 Å².